The number of amides is 1. The highest BCUT2D eigenvalue weighted by molar-refractivity contribution is 6.30. The van der Waals surface area contributed by atoms with Crippen molar-refractivity contribution >= 4 is 23.2 Å². The van der Waals surface area contributed by atoms with Crippen molar-refractivity contribution in [3.05, 3.63) is 74.8 Å². The van der Waals surface area contributed by atoms with Gasteiger partial charge in [0.05, 0.1) is 10.3 Å². The Morgan fingerprint density at radius 3 is 2.26 bits per heavy atom. The van der Waals surface area contributed by atoms with Crippen molar-refractivity contribution in [3.8, 4) is 0 Å². The smallest absolute Gasteiger partial charge is 0.269 e. The first kappa shape index (κ1) is 15.5. The lowest BCUT2D eigenvalue weighted by Gasteiger charge is -2.16. The highest BCUT2D eigenvalue weighted by Gasteiger charge is 2.50. The number of non-ortho nitro benzene ring substituents is 1. The van der Waals surface area contributed by atoms with Crippen molar-refractivity contribution in [3.63, 3.8) is 0 Å². The lowest BCUT2D eigenvalue weighted by Crippen LogP contribution is -2.34. The van der Waals surface area contributed by atoms with E-state index in [0.29, 0.717) is 11.6 Å². The minimum atomic E-state index is -0.453. The Morgan fingerprint density at radius 1 is 1.13 bits per heavy atom. The highest BCUT2D eigenvalue weighted by atomic mass is 35.5. The molecule has 5 nitrogen and oxygen atoms in total. The fraction of sp³-hybridized carbons (Fsp3) is 0.235. The summed E-state index contributed by atoms with van der Waals surface area (Å²) >= 11 is 5.89. The quantitative estimate of drug-likeness (QED) is 0.672. The molecule has 6 heteroatoms. The number of benzene rings is 2. The minimum Gasteiger partial charge on any atom is -0.351 e. The molecule has 1 fully saturated rings. The van der Waals surface area contributed by atoms with Gasteiger partial charge in [-0.3, -0.25) is 14.9 Å². The van der Waals surface area contributed by atoms with Crippen molar-refractivity contribution in [2.24, 2.45) is 0 Å². The van der Waals surface area contributed by atoms with E-state index in [2.05, 4.69) is 5.32 Å². The molecule has 23 heavy (non-hydrogen) atoms. The third-order valence-electron chi connectivity index (χ3n) is 4.18. The molecule has 0 aliphatic heterocycles. The fourth-order valence-corrected chi connectivity index (χ4v) is 2.75. The molecule has 0 bridgehead atoms. The highest BCUT2D eigenvalue weighted by Crippen LogP contribution is 2.48. The predicted molar refractivity (Wildman–Crippen MR) is 87.3 cm³/mol. The minimum absolute atomic E-state index is 0.0156. The summed E-state index contributed by atoms with van der Waals surface area (Å²) in [5, 5.41) is 14.2. The number of carbonyl (C=O) groups excluding carboxylic acids is 1. The van der Waals surface area contributed by atoms with Crippen molar-refractivity contribution in [2.45, 2.75) is 24.8 Å². The van der Waals surface area contributed by atoms with Crippen LogP contribution in [0.4, 0.5) is 5.69 Å². The van der Waals surface area contributed by atoms with Crippen LogP contribution >= 0.6 is 11.6 Å². The summed E-state index contributed by atoms with van der Waals surface area (Å²) in [6.07, 6.45) is 1.64. The van der Waals surface area contributed by atoms with E-state index in [1.165, 1.54) is 12.1 Å². The Bertz CT molecular complexity index is 737. The number of nitrogens with one attached hydrogen (secondary N) is 1. The third kappa shape index (κ3) is 3.19. The second-order valence-electron chi connectivity index (χ2n) is 5.70. The largest absolute Gasteiger partial charge is 0.351 e. The molecule has 2 aromatic rings. The van der Waals surface area contributed by atoms with Crippen LogP contribution in [0.3, 0.4) is 0 Å². The van der Waals surface area contributed by atoms with Crippen molar-refractivity contribution in [2.75, 3.05) is 0 Å². The molecule has 0 spiro atoms. The van der Waals surface area contributed by atoms with Crippen LogP contribution in [0.25, 0.3) is 0 Å². The molecule has 1 aliphatic carbocycles. The van der Waals surface area contributed by atoms with Gasteiger partial charge < -0.3 is 5.32 Å². The second kappa shape index (κ2) is 6.01. The maximum absolute atomic E-state index is 12.5. The van der Waals surface area contributed by atoms with Gasteiger partial charge >= 0.3 is 0 Å². The molecular weight excluding hydrogens is 316 g/mol. The van der Waals surface area contributed by atoms with E-state index in [-0.39, 0.29) is 11.6 Å². The van der Waals surface area contributed by atoms with Crippen molar-refractivity contribution < 1.29 is 9.72 Å². The van der Waals surface area contributed by atoms with Gasteiger partial charge in [0.15, 0.2) is 0 Å². The summed E-state index contributed by atoms with van der Waals surface area (Å²) in [6, 6.07) is 13.5. The van der Waals surface area contributed by atoms with Gasteiger partial charge in [-0.05, 0) is 36.1 Å². The molecule has 1 N–H and O–H groups in total. The van der Waals surface area contributed by atoms with E-state index >= 15 is 0 Å². The summed E-state index contributed by atoms with van der Waals surface area (Å²) in [6.45, 7) is 0.353. The number of rotatable bonds is 5. The fourth-order valence-electron chi connectivity index (χ4n) is 2.63. The van der Waals surface area contributed by atoms with Crippen LogP contribution < -0.4 is 5.32 Å². The average molecular weight is 331 g/mol. The van der Waals surface area contributed by atoms with E-state index < -0.39 is 10.3 Å². The first-order valence-corrected chi connectivity index (χ1v) is 7.67. The first-order valence-electron chi connectivity index (χ1n) is 7.29. The Labute approximate surface area is 138 Å². The summed E-state index contributed by atoms with van der Waals surface area (Å²) in [5.41, 5.74) is 1.39. The SMILES string of the molecule is O=C(NCc1ccc([N+](=O)[O-])cc1)C1(c2ccc(Cl)cc2)CC1. The number of hydrogen-bond donors (Lipinski definition) is 1. The summed E-state index contributed by atoms with van der Waals surface area (Å²) in [4.78, 5) is 22.7. The lowest BCUT2D eigenvalue weighted by molar-refractivity contribution is -0.384. The number of carbonyl (C=O) groups is 1. The van der Waals surface area contributed by atoms with Crippen LogP contribution in [0.5, 0.6) is 0 Å². The van der Waals surface area contributed by atoms with Crippen LogP contribution in [0.1, 0.15) is 24.0 Å². The summed E-state index contributed by atoms with van der Waals surface area (Å²) in [7, 11) is 0. The topological polar surface area (TPSA) is 72.2 Å². The first-order chi connectivity index (χ1) is 11.0. The molecule has 1 aliphatic rings. The number of hydrogen-bond acceptors (Lipinski definition) is 3. The zero-order chi connectivity index (χ0) is 16.4. The van der Waals surface area contributed by atoms with Crippen molar-refractivity contribution in [1.29, 1.82) is 0 Å². The van der Waals surface area contributed by atoms with Crippen LogP contribution in [0, 0.1) is 10.1 Å². The number of nitrogens with zero attached hydrogens (tertiary/aromatic N) is 1. The van der Waals surface area contributed by atoms with Gasteiger partial charge in [-0.2, -0.15) is 0 Å². The van der Waals surface area contributed by atoms with Crippen LogP contribution in [-0.4, -0.2) is 10.8 Å². The van der Waals surface area contributed by atoms with Crippen molar-refractivity contribution in [1.82, 2.24) is 5.32 Å². The predicted octanol–water partition coefficient (Wildman–Crippen LogP) is 3.60. The van der Waals surface area contributed by atoms with Gasteiger partial charge in [-0.15, -0.1) is 0 Å². The maximum Gasteiger partial charge on any atom is 0.269 e. The molecule has 0 aromatic heterocycles. The Morgan fingerprint density at radius 2 is 1.74 bits per heavy atom. The van der Waals surface area contributed by atoms with Gasteiger partial charge in [-0.25, -0.2) is 0 Å². The van der Waals surface area contributed by atoms with Gasteiger partial charge in [0.25, 0.3) is 5.69 Å². The molecule has 0 saturated heterocycles. The zero-order valence-corrected chi connectivity index (χ0v) is 13.0. The maximum atomic E-state index is 12.5. The number of halogens is 1. The molecular formula is C17H15ClN2O3. The third-order valence-corrected chi connectivity index (χ3v) is 4.43. The molecule has 3 rings (SSSR count). The van der Waals surface area contributed by atoms with Gasteiger partial charge in [-0.1, -0.05) is 35.9 Å². The normalized spacial score (nSPS) is 15.0. The van der Waals surface area contributed by atoms with E-state index in [1.807, 2.05) is 12.1 Å². The van der Waals surface area contributed by atoms with E-state index in [9.17, 15) is 14.9 Å². The standard InChI is InChI=1S/C17H15ClN2O3/c18-14-5-3-13(4-6-14)17(9-10-17)16(21)19-11-12-1-7-15(8-2-12)20(22)23/h1-8H,9-11H2,(H,19,21). The van der Waals surface area contributed by atoms with E-state index in [0.717, 1.165) is 24.0 Å². The summed E-state index contributed by atoms with van der Waals surface area (Å²) in [5.74, 6) is -0.0156. The van der Waals surface area contributed by atoms with Crippen LogP contribution in [0.2, 0.25) is 5.02 Å². The lowest BCUT2D eigenvalue weighted by atomic mass is 9.95. The number of nitro groups is 1. The van der Waals surface area contributed by atoms with Crippen LogP contribution in [-0.2, 0) is 16.8 Å². The molecule has 0 radical (unpaired) electrons. The average Bonchev–Trinajstić information content (AvgIpc) is 3.35. The molecule has 1 saturated carbocycles. The Hall–Kier alpha value is -2.40. The molecule has 0 atom stereocenters. The molecule has 2 aromatic carbocycles. The number of nitro benzene ring substituents is 1. The summed E-state index contributed by atoms with van der Waals surface area (Å²) < 4.78 is 0. The molecule has 118 valence electrons. The Balaban J connectivity index is 1.65. The molecule has 1 amide bonds. The van der Waals surface area contributed by atoms with Crippen LogP contribution in [0.15, 0.2) is 48.5 Å². The van der Waals surface area contributed by atoms with Gasteiger partial charge in [0, 0.05) is 23.7 Å². The van der Waals surface area contributed by atoms with E-state index in [4.69, 9.17) is 11.6 Å². The molecule has 0 unspecified atom stereocenters. The van der Waals surface area contributed by atoms with Gasteiger partial charge in [0.2, 0.25) is 5.91 Å². The second-order valence-corrected chi connectivity index (χ2v) is 6.13. The van der Waals surface area contributed by atoms with Gasteiger partial charge in [0.1, 0.15) is 0 Å². The zero-order valence-electron chi connectivity index (χ0n) is 12.3. The monoisotopic (exact) mass is 330 g/mol. The van der Waals surface area contributed by atoms with E-state index in [1.54, 1.807) is 24.3 Å². The molecule has 0 heterocycles. The Kier molecular flexibility index (Phi) is 4.05.